The molecule has 0 bridgehead atoms. The Morgan fingerprint density at radius 3 is 2.87 bits per heavy atom. The Balaban J connectivity index is 1.34. The number of phosphoric ester groups is 1. The fraction of sp³-hybridized carbons (Fsp3) is 0.318. The Labute approximate surface area is 219 Å². The van der Waals surface area contributed by atoms with Crippen molar-refractivity contribution in [2.75, 3.05) is 11.9 Å². The Hall–Kier alpha value is -3.33. The maximum absolute atomic E-state index is 14.6. The van der Waals surface area contributed by atoms with Gasteiger partial charge in [0, 0.05) is 36.1 Å². The van der Waals surface area contributed by atoms with E-state index in [0.29, 0.717) is 22.9 Å². The van der Waals surface area contributed by atoms with Gasteiger partial charge in [-0.05, 0) is 31.9 Å². The maximum atomic E-state index is 14.6. The number of hydrogen-bond donors (Lipinski definition) is 3. The van der Waals surface area contributed by atoms with Crippen molar-refractivity contribution >= 4 is 30.8 Å². The predicted molar refractivity (Wildman–Crippen MR) is 134 cm³/mol. The molecule has 38 heavy (non-hydrogen) atoms. The molecular formula is C22H23FN7O6PS. The third-order valence-electron chi connectivity index (χ3n) is 5.78. The SMILES string of the molecule is CCO[C@H]1C[C@@H](n2cc(NC(=O)c3csc(-c4cnn(COP(=O)(O)O)c4)n3)c(-c3ncccc3F)n2)C1. The number of hydrogen-bond acceptors (Lipinski definition) is 9. The summed E-state index contributed by atoms with van der Waals surface area (Å²) in [6, 6.07) is 2.81. The average molecular weight is 564 g/mol. The molecule has 1 aliphatic rings. The number of amides is 1. The van der Waals surface area contributed by atoms with E-state index in [4.69, 9.17) is 14.5 Å². The van der Waals surface area contributed by atoms with Gasteiger partial charge in [-0.2, -0.15) is 10.2 Å². The lowest BCUT2D eigenvalue weighted by atomic mass is 9.89. The molecule has 4 heterocycles. The first-order valence-electron chi connectivity index (χ1n) is 11.5. The summed E-state index contributed by atoms with van der Waals surface area (Å²) in [6.07, 6.45) is 7.69. The van der Waals surface area contributed by atoms with Crippen molar-refractivity contribution in [3.05, 3.63) is 53.8 Å². The Morgan fingerprint density at radius 1 is 1.32 bits per heavy atom. The summed E-state index contributed by atoms with van der Waals surface area (Å²) in [4.78, 5) is 39.2. The van der Waals surface area contributed by atoms with Crippen LogP contribution >= 0.6 is 19.2 Å². The summed E-state index contributed by atoms with van der Waals surface area (Å²) in [5, 5.41) is 13.3. The van der Waals surface area contributed by atoms with Gasteiger partial charge in [0.05, 0.1) is 24.0 Å². The van der Waals surface area contributed by atoms with Crippen molar-refractivity contribution in [1.29, 1.82) is 0 Å². The molecule has 1 fully saturated rings. The molecule has 0 spiro atoms. The molecular weight excluding hydrogens is 540 g/mol. The number of rotatable bonds is 10. The number of carbonyl (C=O) groups is 1. The van der Waals surface area contributed by atoms with E-state index in [1.54, 1.807) is 16.3 Å². The highest BCUT2D eigenvalue weighted by Crippen LogP contribution is 2.38. The third kappa shape index (κ3) is 5.88. The Bertz CT molecular complexity index is 1490. The number of phosphoric acid groups is 1. The molecule has 1 saturated carbocycles. The minimum atomic E-state index is -4.64. The standard InChI is InChI=1S/C22H23FN7O6PS/c1-2-35-15-6-14(7-15)30-10-17(20(28-30)19-16(23)4-3-5-24-19)26-21(31)18-11-38-22(27-18)13-8-25-29(9-13)12-36-37(32,33)34/h3-5,8-11,14-15H,2,6-7,12H2,1H3,(H,26,31)(H2,32,33,34)/t14-,15+. The topological polar surface area (TPSA) is 167 Å². The van der Waals surface area contributed by atoms with Gasteiger partial charge in [0.1, 0.15) is 22.1 Å². The average Bonchev–Trinajstić information content (AvgIpc) is 3.59. The molecule has 13 nitrogen and oxygen atoms in total. The number of ether oxygens (including phenoxy) is 1. The molecule has 0 unspecified atom stereocenters. The normalized spacial score (nSPS) is 17.4. The molecule has 0 aromatic carbocycles. The summed E-state index contributed by atoms with van der Waals surface area (Å²) in [5.41, 5.74) is 1.17. The molecule has 0 atom stereocenters. The van der Waals surface area contributed by atoms with Gasteiger partial charge in [-0.15, -0.1) is 11.3 Å². The van der Waals surface area contributed by atoms with Gasteiger partial charge in [-0.1, -0.05) is 0 Å². The van der Waals surface area contributed by atoms with E-state index in [-0.39, 0.29) is 29.2 Å². The van der Waals surface area contributed by atoms with Gasteiger partial charge < -0.3 is 19.8 Å². The molecule has 4 aromatic heterocycles. The monoisotopic (exact) mass is 563 g/mol. The van der Waals surface area contributed by atoms with Crippen molar-refractivity contribution < 1.29 is 32.8 Å². The van der Waals surface area contributed by atoms with Crippen LogP contribution in [0.5, 0.6) is 0 Å². The van der Waals surface area contributed by atoms with E-state index in [2.05, 4.69) is 30.0 Å². The number of nitrogens with one attached hydrogen (secondary N) is 1. The molecule has 0 radical (unpaired) electrons. The molecule has 1 aliphatic carbocycles. The van der Waals surface area contributed by atoms with Crippen molar-refractivity contribution in [3.63, 3.8) is 0 Å². The van der Waals surface area contributed by atoms with Crippen molar-refractivity contribution in [1.82, 2.24) is 29.5 Å². The highest BCUT2D eigenvalue weighted by molar-refractivity contribution is 7.46. The number of nitrogens with zero attached hydrogens (tertiary/aromatic N) is 6. The third-order valence-corrected chi connectivity index (χ3v) is 7.13. The molecule has 16 heteroatoms. The number of anilines is 1. The van der Waals surface area contributed by atoms with Crippen molar-refractivity contribution in [2.45, 2.75) is 38.6 Å². The predicted octanol–water partition coefficient (Wildman–Crippen LogP) is 3.46. The minimum Gasteiger partial charge on any atom is -0.378 e. The van der Waals surface area contributed by atoms with Crippen LogP contribution in [-0.2, 0) is 20.6 Å². The van der Waals surface area contributed by atoms with Crippen LogP contribution in [0.1, 0.15) is 36.3 Å². The number of thiazole rings is 1. The number of aromatic nitrogens is 6. The Kier molecular flexibility index (Phi) is 7.47. The van der Waals surface area contributed by atoms with E-state index in [0.717, 1.165) is 12.8 Å². The lowest BCUT2D eigenvalue weighted by molar-refractivity contribution is -0.0226. The van der Waals surface area contributed by atoms with Crippen LogP contribution < -0.4 is 5.32 Å². The highest BCUT2D eigenvalue weighted by atomic mass is 32.1. The number of halogens is 1. The van der Waals surface area contributed by atoms with E-state index in [1.165, 1.54) is 46.7 Å². The molecule has 0 aliphatic heterocycles. The summed E-state index contributed by atoms with van der Waals surface area (Å²) < 4.78 is 38.4. The van der Waals surface area contributed by atoms with E-state index in [9.17, 15) is 13.8 Å². The minimum absolute atomic E-state index is 0.0196. The molecule has 0 saturated heterocycles. The zero-order valence-corrected chi connectivity index (χ0v) is 21.7. The van der Waals surface area contributed by atoms with Crippen LogP contribution in [0.25, 0.3) is 22.0 Å². The smallest absolute Gasteiger partial charge is 0.378 e. The zero-order valence-electron chi connectivity index (χ0n) is 20.0. The quantitative estimate of drug-likeness (QED) is 0.243. The molecule has 5 rings (SSSR count). The fourth-order valence-electron chi connectivity index (χ4n) is 3.91. The maximum Gasteiger partial charge on any atom is 0.471 e. The Morgan fingerprint density at radius 2 is 2.13 bits per heavy atom. The fourth-order valence-corrected chi connectivity index (χ4v) is 4.95. The van der Waals surface area contributed by atoms with Crippen LogP contribution in [0.2, 0.25) is 0 Å². The second-order valence-corrected chi connectivity index (χ2v) is 10.5. The molecule has 4 aromatic rings. The summed E-state index contributed by atoms with van der Waals surface area (Å²) in [6.45, 7) is 2.11. The van der Waals surface area contributed by atoms with Crippen molar-refractivity contribution in [3.8, 4) is 22.0 Å². The molecule has 200 valence electrons. The van der Waals surface area contributed by atoms with Crippen LogP contribution in [-0.4, -0.2) is 57.9 Å². The highest BCUT2D eigenvalue weighted by Gasteiger charge is 2.33. The second-order valence-electron chi connectivity index (χ2n) is 8.42. The van der Waals surface area contributed by atoms with Crippen LogP contribution in [0.15, 0.2) is 42.3 Å². The summed E-state index contributed by atoms with van der Waals surface area (Å²) >= 11 is 1.18. The van der Waals surface area contributed by atoms with Gasteiger partial charge in [-0.25, -0.2) is 18.6 Å². The first-order valence-corrected chi connectivity index (χ1v) is 13.9. The van der Waals surface area contributed by atoms with E-state index < -0.39 is 26.3 Å². The second kappa shape index (κ2) is 10.8. The summed E-state index contributed by atoms with van der Waals surface area (Å²) in [5.74, 6) is -1.09. The van der Waals surface area contributed by atoms with E-state index in [1.807, 2.05) is 6.92 Å². The number of pyridine rings is 1. The van der Waals surface area contributed by atoms with Gasteiger partial charge in [0.2, 0.25) is 0 Å². The molecule has 3 N–H and O–H groups in total. The lowest BCUT2D eigenvalue weighted by Gasteiger charge is -2.34. The van der Waals surface area contributed by atoms with Gasteiger partial charge in [0.25, 0.3) is 5.91 Å². The van der Waals surface area contributed by atoms with Crippen LogP contribution in [0.4, 0.5) is 10.1 Å². The molecule has 1 amide bonds. The lowest BCUT2D eigenvalue weighted by Crippen LogP contribution is -2.33. The number of carbonyl (C=O) groups excluding carboxylic acids is 1. The zero-order chi connectivity index (χ0) is 26.9. The van der Waals surface area contributed by atoms with Crippen molar-refractivity contribution in [2.24, 2.45) is 0 Å². The summed E-state index contributed by atoms with van der Waals surface area (Å²) in [7, 11) is -4.64. The van der Waals surface area contributed by atoms with Crippen LogP contribution in [0, 0.1) is 5.82 Å². The van der Waals surface area contributed by atoms with Gasteiger partial charge in [0.15, 0.2) is 12.5 Å². The van der Waals surface area contributed by atoms with Gasteiger partial charge >= 0.3 is 7.82 Å². The largest absolute Gasteiger partial charge is 0.471 e. The van der Waals surface area contributed by atoms with Crippen LogP contribution in [0.3, 0.4) is 0 Å². The first kappa shape index (κ1) is 26.3. The first-order chi connectivity index (χ1) is 18.2. The van der Waals surface area contributed by atoms with Gasteiger partial charge in [-0.3, -0.25) is 19.0 Å². The van der Waals surface area contributed by atoms with E-state index >= 15 is 0 Å².